The second kappa shape index (κ2) is 9.89. The van der Waals surface area contributed by atoms with Gasteiger partial charge in [0.15, 0.2) is 15.8 Å². The van der Waals surface area contributed by atoms with Gasteiger partial charge in [0.25, 0.3) is 0 Å². The lowest BCUT2D eigenvalue weighted by Gasteiger charge is -2.29. The number of nitrogens with zero attached hydrogens (tertiary/aromatic N) is 2. The molecule has 146 valence electrons. The molecule has 1 aromatic rings. The van der Waals surface area contributed by atoms with E-state index in [2.05, 4.69) is 44.8 Å². The van der Waals surface area contributed by atoms with Gasteiger partial charge in [0.05, 0.1) is 17.5 Å². The zero-order chi connectivity index (χ0) is 17.7. The number of hydrogen-bond donors (Lipinski definition) is 2. The highest BCUT2D eigenvalue weighted by Crippen LogP contribution is 2.24. The summed E-state index contributed by atoms with van der Waals surface area (Å²) in [7, 11) is -1.16. The SMILES string of the molecule is CN=C(NCC(c1ccccc1)N1CCCC1)NC1CCS(=O)(=O)C1.I. The van der Waals surface area contributed by atoms with Gasteiger partial charge in [-0.1, -0.05) is 30.3 Å². The van der Waals surface area contributed by atoms with Gasteiger partial charge in [0, 0.05) is 19.6 Å². The summed E-state index contributed by atoms with van der Waals surface area (Å²) in [6.45, 7) is 2.99. The number of rotatable bonds is 5. The van der Waals surface area contributed by atoms with E-state index in [-0.39, 0.29) is 41.5 Å². The highest BCUT2D eigenvalue weighted by Gasteiger charge is 2.29. The van der Waals surface area contributed by atoms with Crippen LogP contribution in [0.25, 0.3) is 0 Å². The monoisotopic (exact) mass is 492 g/mol. The van der Waals surface area contributed by atoms with E-state index in [4.69, 9.17) is 0 Å². The minimum Gasteiger partial charge on any atom is -0.354 e. The summed E-state index contributed by atoms with van der Waals surface area (Å²) in [5.74, 6) is 1.14. The van der Waals surface area contributed by atoms with E-state index >= 15 is 0 Å². The molecule has 2 atom stereocenters. The lowest BCUT2D eigenvalue weighted by Crippen LogP contribution is -2.46. The first-order chi connectivity index (χ1) is 12.1. The fourth-order valence-electron chi connectivity index (χ4n) is 3.68. The van der Waals surface area contributed by atoms with Crippen LogP contribution in [-0.4, -0.2) is 63.5 Å². The number of nitrogens with one attached hydrogen (secondary N) is 2. The van der Waals surface area contributed by atoms with Crippen molar-refractivity contribution < 1.29 is 8.42 Å². The first-order valence-corrected chi connectivity index (χ1v) is 10.9. The molecule has 2 N–H and O–H groups in total. The molecule has 0 saturated carbocycles. The van der Waals surface area contributed by atoms with Crippen LogP contribution in [0.5, 0.6) is 0 Å². The van der Waals surface area contributed by atoms with Crippen molar-refractivity contribution >= 4 is 39.8 Å². The number of hydrogen-bond acceptors (Lipinski definition) is 4. The molecule has 2 fully saturated rings. The highest BCUT2D eigenvalue weighted by atomic mass is 127. The Morgan fingerprint density at radius 2 is 1.96 bits per heavy atom. The number of guanidine groups is 1. The van der Waals surface area contributed by atoms with E-state index < -0.39 is 9.84 Å². The first kappa shape index (κ1) is 21.4. The molecule has 2 aliphatic rings. The predicted molar refractivity (Wildman–Crippen MR) is 117 cm³/mol. The maximum Gasteiger partial charge on any atom is 0.191 e. The van der Waals surface area contributed by atoms with Crippen molar-refractivity contribution in [1.29, 1.82) is 0 Å². The van der Waals surface area contributed by atoms with Gasteiger partial charge in [-0.2, -0.15) is 0 Å². The molecule has 0 amide bonds. The molecular weight excluding hydrogens is 463 g/mol. The standard InChI is InChI=1S/C18H28N4O2S.HI/c1-19-18(21-16-9-12-25(23,24)14-16)20-13-17(22-10-5-6-11-22)15-7-3-2-4-8-15;/h2-4,7-8,16-17H,5-6,9-14H2,1H3,(H2,19,20,21);1H. The normalized spacial score (nSPS) is 24.0. The summed E-state index contributed by atoms with van der Waals surface area (Å²) in [6, 6.07) is 10.8. The van der Waals surface area contributed by atoms with Crippen molar-refractivity contribution in [3.05, 3.63) is 35.9 Å². The molecule has 2 saturated heterocycles. The maximum atomic E-state index is 11.6. The Morgan fingerprint density at radius 3 is 2.54 bits per heavy atom. The fourth-order valence-corrected chi connectivity index (χ4v) is 5.35. The van der Waals surface area contributed by atoms with Crippen LogP contribution in [0.1, 0.15) is 30.9 Å². The van der Waals surface area contributed by atoms with Gasteiger partial charge in [-0.05, 0) is 37.9 Å². The molecule has 6 nitrogen and oxygen atoms in total. The number of sulfone groups is 1. The van der Waals surface area contributed by atoms with Crippen molar-refractivity contribution in [2.75, 3.05) is 38.2 Å². The summed E-state index contributed by atoms with van der Waals surface area (Å²) in [4.78, 5) is 6.78. The minimum absolute atomic E-state index is 0. The van der Waals surface area contributed by atoms with Crippen molar-refractivity contribution in [2.24, 2.45) is 4.99 Å². The Labute approximate surface area is 173 Å². The lowest BCUT2D eigenvalue weighted by molar-refractivity contribution is 0.245. The van der Waals surface area contributed by atoms with Crippen LogP contribution in [0.3, 0.4) is 0 Å². The van der Waals surface area contributed by atoms with E-state index in [1.165, 1.54) is 18.4 Å². The molecule has 3 rings (SSSR count). The second-order valence-electron chi connectivity index (χ2n) is 6.87. The van der Waals surface area contributed by atoms with E-state index in [0.29, 0.717) is 18.4 Å². The van der Waals surface area contributed by atoms with Crippen LogP contribution < -0.4 is 10.6 Å². The highest BCUT2D eigenvalue weighted by molar-refractivity contribution is 14.0. The van der Waals surface area contributed by atoms with Crippen LogP contribution in [-0.2, 0) is 9.84 Å². The third-order valence-corrected chi connectivity index (χ3v) is 6.79. The third kappa shape index (κ3) is 5.82. The summed E-state index contributed by atoms with van der Waals surface area (Å²) >= 11 is 0. The van der Waals surface area contributed by atoms with Crippen LogP contribution in [0.4, 0.5) is 0 Å². The summed E-state index contributed by atoms with van der Waals surface area (Å²) < 4.78 is 23.3. The van der Waals surface area contributed by atoms with Crippen LogP contribution in [0.15, 0.2) is 35.3 Å². The summed E-state index contributed by atoms with van der Waals surface area (Å²) in [6.07, 6.45) is 3.14. The summed E-state index contributed by atoms with van der Waals surface area (Å²) in [5.41, 5.74) is 1.30. The van der Waals surface area contributed by atoms with Gasteiger partial charge in [0.1, 0.15) is 0 Å². The molecule has 1 aromatic carbocycles. The summed E-state index contributed by atoms with van der Waals surface area (Å²) in [5, 5.41) is 6.66. The first-order valence-electron chi connectivity index (χ1n) is 9.04. The van der Waals surface area contributed by atoms with Gasteiger partial charge in [-0.3, -0.25) is 9.89 Å². The van der Waals surface area contributed by atoms with Crippen LogP contribution in [0.2, 0.25) is 0 Å². The van der Waals surface area contributed by atoms with Gasteiger partial charge < -0.3 is 10.6 Å². The Kier molecular flexibility index (Phi) is 8.15. The number of halogens is 1. The van der Waals surface area contributed by atoms with Gasteiger partial charge >= 0.3 is 0 Å². The van der Waals surface area contributed by atoms with Crippen molar-refractivity contribution in [3.8, 4) is 0 Å². The average molecular weight is 492 g/mol. The van der Waals surface area contributed by atoms with E-state index in [0.717, 1.165) is 19.6 Å². The van der Waals surface area contributed by atoms with E-state index in [1.54, 1.807) is 7.05 Å². The Hall–Kier alpha value is -0.870. The predicted octanol–water partition coefficient (Wildman–Crippen LogP) is 1.79. The lowest BCUT2D eigenvalue weighted by atomic mass is 10.1. The van der Waals surface area contributed by atoms with Crippen molar-refractivity contribution in [2.45, 2.75) is 31.3 Å². The van der Waals surface area contributed by atoms with Crippen LogP contribution in [0, 0.1) is 0 Å². The minimum atomic E-state index is -2.89. The molecule has 0 spiro atoms. The average Bonchev–Trinajstić information content (AvgIpc) is 3.25. The third-order valence-electron chi connectivity index (χ3n) is 5.03. The zero-order valence-corrected chi connectivity index (χ0v) is 18.4. The fraction of sp³-hybridized carbons (Fsp3) is 0.611. The largest absolute Gasteiger partial charge is 0.354 e. The smallest absolute Gasteiger partial charge is 0.191 e. The molecule has 0 aromatic heterocycles. The second-order valence-corrected chi connectivity index (χ2v) is 9.10. The number of likely N-dealkylation sites (tertiary alicyclic amines) is 1. The van der Waals surface area contributed by atoms with E-state index in [1.807, 2.05) is 6.07 Å². The molecule has 2 aliphatic heterocycles. The maximum absolute atomic E-state index is 11.6. The van der Waals surface area contributed by atoms with Gasteiger partial charge in [-0.25, -0.2) is 8.42 Å². The molecule has 0 aliphatic carbocycles. The van der Waals surface area contributed by atoms with Crippen LogP contribution >= 0.6 is 24.0 Å². The topological polar surface area (TPSA) is 73.8 Å². The Bertz CT molecular complexity index is 690. The van der Waals surface area contributed by atoms with Gasteiger partial charge in [0.2, 0.25) is 0 Å². The molecule has 0 radical (unpaired) electrons. The molecular formula is C18H29IN4O2S. The quantitative estimate of drug-likeness (QED) is 0.373. The van der Waals surface area contributed by atoms with Crippen molar-refractivity contribution in [3.63, 3.8) is 0 Å². The zero-order valence-electron chi connectivity index (χ0n) is 15.2. The number of aliphatic imine (C=N–C) groups is 1. The molecule has 0 bridgehead atoms. The van der Waals surface area contributed by atoms with Gasteiger partial charge in [-0.15, -0.1) is 24.0 Å². The molecule has 8 heteroatoms. The molecule has 2 unspecified atom stereocenters. The Morgan fingerprint density at radius 1 is 1.27 bits per heavy atom. The molecule has 2 heterocycles. The Balaban J connectivity index is 0.00000243. The number of benzene rings is 1. The van der Waals surface area contributed by atoms with Crippen molar-refractivity contribution in [1.82, 2.24) is 15.5 Å². The molecule has 26 heavy (non-hydrogen) atoms. The van der Waals surface area contributed by atoms with E-state index in [9.17, 15) is 8.42 Å².